The van der Waals surface area contributed by atoms with Crippen LogP contribution in [0.2, 0.25) is 0 Å². The smallest absolute Gasteiger partial charge is 0.356 e. The summed E-state index contributed by atoms with van der Waals surface area (Å²) in [6.07, 6.45) is 1.71. The highest BCUT2D eigenvalue weighted by Gasteiger charge is 2.17. The number of hydrogen-bond donors (Lipinski definition) is 2. The van der Waals surface area contributed by atoms with Crippen molar-refractivity contribution in [2.24, 2.45) is 0 Å². The molecular formula is C11H11N3O3. The van der Waals surface area contributed by atoms with Crippen molar-refractivity contribution in [1.82, 2.24) is 9.38 Å². The van der Waals surface area contributed by atoms with Crippen LogP contribution in [0.5, 0.6) is 0 Å². The van der Waals surface area contributed by atoms with Crippen LogP contribution in [0.3, 0.4) is 0 Å². The lowest BCUT2D eigenvalue weighted by molar-refractivity contribution is -0.116. The van der Waals surface area contributed by atoms with Crippen molar-refractivity contribution in [3.8, 4) is 0 Å². The van der Waals surface area contributed by atoms with Gasteiger partial charge < -0.3 is 15.2 Å². The van der Waals surface area contributed by atoms with E-state index >= 15 is 0 Å². The second kappa shape index (κ2) is 3.89. The summed E-state index contributed by atoms with van der Waals surface area (Å²) in [6, 6.07) is 3.16. The molecule has 88 valence electrons. The summed E-state index contributed by atoms with van der Waals surface area (Å²) in [6.45, 7) is 1.43. The standard InChI is InChI=1S/C11H11N3O3/c1-6(15)4-9-13-10(11(16)17)8-5-7(12)2-3-14(8)9/h2-3,5H,4,12H2,1H3,(H,16,17). The molecule has 0 atom stereocenters. The van der Waals surface area contributed by atoms with Crippen molar-refractivity contribution in [1.29, 1.82) is 0 Å². The Morgan fingerprint density at radius 2 is 2.24 bits per heavy atom. The average Bonchev–Trinajstić information content (AvgIpc) is 2.55. The number of anilines is 1. The molecule has 0 aliphatic rings. The van der Waals surface area contributed by atoms with Crippen LogP contribution in [-0.4, -0.2) is 26.2 Å². The van der Waals surface area contributed by atoms with Gasteiger partial charge in [-0.1, -0.05) is 0 Å². The molecule has 0 unspecified atom stereocenters. The zero-order valence-electron chi connectivity index (χ0n) is 9.17. The molecule has 0 fully saturated rings. The molecule has 3 N–H and O–H groups in total. The molecule has 2 aromatic heterocycles. The molecule has 0 aliphatic carbocycles. The highest BCUT2D eigenvalue weighted by atomic mass is 16.4. The molecule has 2 aromatic rings. The second-order valence-corrected chi connectivity index (χ2v) is 3.78. The summed E-state index contributed by atoms with van der Waals surface area (Å²) in [5, 5.41) is 9.02. The van der Waals surface area contributed by atoms with E-state index in [1.54, 1.807) is 16.7 Å². The van der Waals surface area contributed by atoms with Gasteiger partial charge in [-0.25, -0.2) is 9.78 Å². The molecule has 0 radical (unpaired) electrons. The van der Waals surface area contributed by atoms with Crippen molar-refractivity contribution in [3.63, 3.8) is 0 Å². The number of nitrogens with zero attached hydrogens (tertiary/aromatic N) is 2. The highest BCUT2D eigenvalue weighted by Crippen LogP contribution is 2.17. The summed E-state index contributed by atoms with van der Waals surface area (Å²) < 4.78 is 1.57. The lowest BCUT2D eigenvalue weighted by Gasteiger charge is -1.99. The number of carboxylic acids is 1. The van der Waals surface area contributed by atoms with Crippen LogP contribution in [-0.2, 0) is 11.2 Å². The van der Waals surface area contributed by atoms with E-state index in [9.17, 15) is 9.59 Å². The van der Waals surface area contributed by atoms with Gasteiger partial charge in [-0.3, -0.25) is 4.79 Å². The lowest BCUT2D eigenvalue weighted by atomic mass is 10.3. The number of hydrogen-bond acceptors (Lipinski definition) is 4. The lowest BCUT2D eigenvalue weighted by Crippen LogP contribution is -2.02. The number of carboxylic acid groups (broad SMARTS) is 1. The molecule has 6 heteroatoms. The Morgan fingerprint density at radius 3 is 2.82 bits per heavy atom. The van der Waals surface area contributed by atoms with Gasteiger partial charge in [-0.05, 0) is 19.1 Å². The van der Waals surface area contributed by atoms with Crippen LogP contribution in [0.25, 0.3) is 5.52 Å². The third-order valence-electron chi connectivity index (χ3n) is 2.35. The zero-order valence-corrected chi connectivity index (χ0v) is 9.17. The number of imidazole rings is 1. The maximum Gasteiger partial charge on any atom is 0.356 e. The first-order chi connectivity index (χ1) is 7.99. The Kier molecular flexibility index (Phi) is 2.55. The molecular weight excluding hydrogens is 222 g/mol. The molecule has 17 heavy (non-hydrogen) atoms. The van der Waals surface area contributed by atoms with Crippen LogP contribution in [0.1, 0.15) is 23.2 Å². The third-order valence-corrected chi connectivity index (χ3v) is 2.35. The second-order valence-electron chi connectivity index (χ2n) is 3.78. The van der Waals surface area contributed by atoms with Gasteiger partial charge in [0.05, 0.1) is 11.9 Å². The highest BCUT2D eigenvalue weighted by molar-refractivity contribution is 5.94. The van der Waals surface area contributed by atoms with Gasteiger partial charge >= 0.3 is 5.97 Å². The van der Waals surface area contributed by atoms with E-state index in [4.69, 9.17) is 10.8 Å². The number of pyridine rings is 1. The SMILES string of the molecule is CC(=O)Cc1nc(C(=O)O)c2cc(N)ccn12. The first-order valence-electron chi connectivity index (χ1n) is 4.98. The van der Waals surface area contributed by atoms with Crippen molar-refractivity contribution in [2.45, 2.75) is 13.3 Å². The van der Waals surface area contributed by atoms with Crippen molar-refractivity contribution >= 4 is 23.0 Å². The molecule has 0 spiro atoms. The topological polar surface area (TPSA) is 97.7 Å². The van der Waals surface area contributed by atoms with E-state index in [1.165, 1.54) is 13.0 Å². The maximum atomic E-state index is 11.1. The van der Waals surface area contributed by atoms with Crippen LogP contribution in [0, 0.1) is 0 Å². The number of fused-ring (bicyclic) bond motifs is 1. The Bertz CT molecular complexity index is 616. The predicted molar refractivity (Wildman–Crippen MR) is 60.9 cm³/mol. The largest absolute Gasteiger partial charge is 0.476 e. The Morgan fingerprint density at radius 1 is 1.53 bits per heavy atom. The Balaban J connectivity index is 2.70. The summed E-state index contributed by atoms with van der Waals surface area (Å²) in [5.41, 5.74) is 6.36. The fourth-order valence-corrected chi connectivity index (χ4v) is 1.67. The number of carbonyl (C=O) groups is 2. The first-order valence-corrected chi connectivity index (χ1v) is 4.98. The van der Waals surface area contributed by atoms with Gasteiger partial charge in [0.2, 0.25) is 0 Å². The molecule has 0 saturated heterocycles. The molecule has 2 heterocycles. The maximum absolute atomic E-state index is 11.1. The number of ketones is 1. The molecule has 0 aliphatic heterocycles. The quantitative estimate of drug-likeness (QED) is 0.815. The van der Waals surface area contributed by atoms with Gasteiger partial charge in [-0.2, -0.15) is 0 Å². The molecule has 0 bridgehead atoms. The van der Waals surface area contributed by atoms with Crippen molar-refractivity contribution in [2.75, 3.05) is 5.73 Å². The number of rotatable bonds is 3. The average molecular weight is 233 g/mol. The molecule has 6 nitrogen and oxygen atoms in total. The number of aromatic carboxylic acids is 1. The third kappa shape index (κ3) is 1.96. The van der Waals surface area contributed by atoms with Gasteiger partial charge in [0, 0.05) is 11.9 Å². The van der Waals surface area contributed by atoms with Gasteiger partial charge in [0.1, 0.15) is 11.6 Å². The molecule has 0 amide bonds. The monoisotopic (exact) mass is 233 g/mol. The van der Waals surface area contributed by atoms with E-state index in [1.807, 2.05) is 0 Å². The normalized spacial score (nSPS) is 10.6. The van der Waals surface area contributed by atoms with Crippen molar-refractivity contribution < 1.29 is 14.7 Å². The minimum absolute atomic E-state index is 0.0781. The van der Waals surface area contributed by atoms with E-state index in [0.29, 0.717) is 17.0 Å². The Hall–Kier alpha value is -2.37. The zero-order chi connectivity index (χ0) is 12.6. The minimum Gasteiger partial charge on any atom is -0.476 e. The van der Waals surface area contributed by atoms with E-state index in [-0.39, 0.29) is 17.9 Å². The fraction of sp³-hybridized carbons (Fsp3) is 0.182. The van der Waals surface area contributed by atoms with Gasteiger partial charge in [-0.15, -0.1) is 0 Å². The van der Waals surface area contributed by atoms with Crippen LogP contribution in [0.15, 0.2) is 18.3 Å². The molecule has 2 rings (SSSR count). The summed E-state index contributed by atoms with van der Waals surface area (Å²) in [5.74, 6) is -0.807. The number of nitrogen functional groups attached to an aromatic ring is 1. The predicted octanol–water partition coefficient (Wildman–Crippen LogP) is 0.746. The summed E-state index contributed by atoms with van der Waals surface area (Å²) in [7, 11) is 0. The summed E-state index contributed by atoms with van der Waals surface area (Å²) in [4.78, 5) is 26.1. The van der Waals surface area contributed by atoms with Gasteiger partial charge in [0.25, 0.3) is 0 Å². The molecule has 0 aromatic carbocycles. The summed E-state index contributed by atoms with van der Waals surface area (Å²) >= 11 is 0. The van der Waals surface area contributed by atoms with E-state index in [2.05, 4.69) is 4.98 Å². The number of nitrogens with two attached hydrogens (primary N) is 1. The first kappa shape index (κ1) is 11.1. The number of carbonyl (C=O) groups excluding carboxylic acids is 1. The van der Waals surface area contributed by atoms with E-state index < -0.39 is 5.97 Å². The Labute approximate surface area is 96.7 Å². The number of aromatic nitrogens is 2. The van der Waals surface area contributed by atoms with Crippen molar-refractivity contribution in [3.05, 3.63) is 29.8 Å². The molecule has 0 saturated carbocycles. The number of Topliss-reactive ketones (excluding diaryl/α,β-unsaturated/α-hetero) is 1. The van der Waals surface area contributed by atoms with Crippen LogP contribution >= 0.6 is 0 Å². The van der Waals surface area contributed by atoms with Gasteiger partial charge in [0.15, 0.2) is 5.69 Å². The van der Waals surface area contributed by atoms with E-state index in [0.717, 1.165) is 0 Å². The fourth-order valence-electron chi connectivity index (χ4n) is 1.67. The minimum atomic E-state index is -1.14. The van der Waals surface area contributed by atoms with Crippen LogP contribution < -0.4 is 5.73 Å². The van der Waals surface area contributed by atoms with Crippen LogP contribution in [0.4, 0.5) is 5.69 Å².